The molecular formula is C19H20F3N3O3. The van der Waals surface area contributed by atoms with Crippen LogP contribution in [0.3, 0.4) is 0 Å². The lowest BCUT2D eigenvalue weighted by molar-refractivity contribution is -0.137. The zero-order valence-electron chi connectivity index (χ0n) is 15.1. The molecule has 150 valence electrons. The first-order valence-corrected chi connectivity index (χ1v) is 8.33. The number of benzene rings is 2. The molecule has 0 bridgehead atoms. The normalized spacial score (nSPS) is 11.0. The second-order valence-electron chi connectivity index (χ2n) is 5.96. The Bertz CT molecular complexity index is 806. The molecule has 0 aliphatic heterocycles. The Kier molecular flexibility index (Phi) is 6.86. The molecule has 0 aromatic heterocycles. The van der Waals surface area contributed by atoms with Crippen molar-refractivity contribution < 1.29 is 27.5 Å². The van der Waals surface area contributed by atoms with Gasteiger partial charge < -0.3 is 20.7 Å². The second-order valence-corrected chi connectivity index (χ2v) is 5.96. The lowest BCUT2D eigenvalue weighted by Crippen LogP contribution is -2.35. The fourth-order valence-corrected chi connectivity index (χ4v) is 2.45. The number of ether oxygens (including phenoxy) is 1. The third-order valence-corrected chi connectivity index (χ3v) is 3.90. The Labute approximate surface area is 160 Å². The molecule has 0 heterocycles. The van der Waals surface area contributed by atoms with Crippen molar-refractivity contribution in [2.45, 2.75) is 12.6 Å². The van der Waals surface area contributed by atoms with E-state index < -0.39 is 23.6 Å². The number of nitrogens with two attached hydrogens (primary N) is 1. The highest BCUT2D eigenvalue weighted by molar-refractivity contribution is 5.94. The highest BCUT2D eigenvalue weighted by atomic mass is 19.4. The summed E-state index contributed by atoms with van der Waals surface area (Å²) in [6.07, 6.45) is -4.40. The van der Waals surface area contributed by atoms with Gasteiger partial charge in [0.2, 0.25) is 11.8 Å². The Hall–Kier alpha value is -3.23. The van der Waals surface area contributed by atoms with Gasteiger partial charge in [0.1, 0.15) is 5.75 Å². The molecule has 2 rings (SSSR count). The monoisotopic (exact) mass is 395 g/mol. The molecule has 0 saturated carbocycles. The van der Waals surface area contributed by atoms with Crippen molar-refractivity contribution in [3.8, 4) is 5.75 Å². The van der Waals surface area contributed by atoms with Crippen LogP contribution >= 0.6 is 0 Å². The zero-order valence-corrected chi connectivity index (χ0v) is 15.1. The van der Waals surface area contributed by atoms with Crippen LogP contribution in [-0.4, -0.2) is 32.0 Å². The largest absolute Gasteiger partial charge is 0.497 e. The number of carbonyl (C=O) groups is 2. The van der Waals surface area contributed by atoms with Crippen molar-refractivity contribution in [1.29, 1.82) is 0 Å². The minimum Gasteiger partial charge on any atom is -0.497 e. The summed E-state index contributed by atoms with van der Waals surface area (Å²) < 4.78 is 42.9. The molecule has 0 spiro atoms. The molecule has 0 aliphatic carbocycles. The average Bonchev–Trinajstić information content (AvgIpc) is 2.65. The minimum atomic E-state index is -4.44. The number of anilines is 2. The fraction of sp³-hybridized carbons (Fsp3) is 0.263. The van der Waals surface area contributed by atoms with Crippen LogP contribution in [0.2, 0.25) is 0 Å². The molecule has 0 atom stereocenters. The molecule has 0 radical (unpaired) electrons. The molecule has 9 heteroatoms. The smallest absolute Gasteiger partial charge is 0.416 e. The van der Waals surface area contributed by atoms with Crippen LogP contribution in [0.15, 0.2) is 48.5 Å². The van der Waals surface area contributed by atoms with Crippen LogP contribution < -0.4 is 20.7 Å². The number of alkyl halides is 3. The van der Waals surface area contributed by atoms with Gasteiger partial charge in [-0.15, -0.1) is 0 Å². The molecule has 6 nitrogen and oxygen atoms in total. The number of nitrogens with zero attached hydrogens (tertiary/aromatic N) is 1. The highest BCUT2D eigenvalue weighted by Gasteiger charge is 2.30. The number of primary amides is 1. The Balaban J connectivity index is 2.07. The Morgan fingerprint density at radius 1 is 1.07 bits per heavy atom. The third-order valence-electron chi connectivity index (χ3n) is 3.90. The maximum atomic E-state index is 12.6. The Morgan fingerprint density at radius 3 is 2.18 bits per heavy atom. The molecule has 3 N–H and O–H groups in total. The van der Waals surface area contributed by atoms with Gasteiger partial charge in [0.15, 0.2) is 0 Å². The van der Waals surface area contributed by atoms with Crippen molar-refractivity contribution in [2.24, 2.45) is 5.73 Å². The van der Waals surface area contributed by atoms with Crippen LogP contribution in [0.4, 0.5) is 24.5 Å². The van der Waals surface area contributed by atoms with Crippen LogP contribution in [0.25, 0.3) is 0 Å². The van der Waals surface area contributed by atoms with E-state index >= 15 is 0 Å². The lowest BCUT2D eigenvalue weighted by Gasteiger charge is -2.24. The van der Waals surface area contributed by atoms with Gasteiger partial charge in [-0.3, -0.25) is 9.59 Å². The quantitative estimate of drug-likeness (QED) is 0.720. The number of halogens is 3. The SMILES string of the molecule is COc1ccc(N(CCC(N)=O)CC(=O)Nc2ccc(C(F)(F)F)cc2)cc1. The van der Waals surface area contributed by atoms with E-state index in [2.05, 4.69) is 5.32 Å². The average molecular weight is 395 g/mol. The summed E-state index contributed by atoms with van der Waals surface area (Å²) in [5.41, 5.74) is 5.30. The standard InChI is InChI=1S/C19H20F3N3O3/c1-28-16-8-6-15(7-9-16)25(11-10-17(23)26)12-18(27)24-14-4-2-13(3-5-14)19(20,21)22/h2-9H,10-12H2,1H3,(H2,23,26)(H,24,27). The minimum absolute atomic E-state index is 0.0413. The van der Waals surface area contributed by atoms with E-state index in [-0.39, 0.29) is 25.2 Å². The van der Waals surface area contributed by atoms with Crippen LogP contribution in [-0.2, 0) is 15.8 Å². The molecule has 0 aliphatic rings. The van der Waals surface area contributed by atoms with Crippen molar-refractivity contribution in [2.75, 3.05) is 30.4 Å². The van der Waals surface area contributed by atoms with E-state index in [1.807, 2.05) is 0 Å². The summed E-state index contributed by atoms with van der Waals surface area (Å²) in [6.45, 7) is 0.0999. The number of hydrogen-bond acceptors (Lipinski definition) is 4. The molecule has 0 saturated heterocycles. The lowest BCUT2D eigenvalue weighted by atomic mass is 10.2. The molecule has 2 aromatic carbocycles. The Morgan fingerprint density at radius 2 is 1.68 bits per heavy atom. The predicted molar refractivity (Wildman–Crippen MR) is 99.1 cm³/mol. The van der Waals surface area contributed by atoms with Crippen molar-refractivity contribution in [3.05, 3.63) is 54.1 Å². The first kappa shape index (κ1) is 21.1. The van der Waals surface area contributed by atoms with E-state index in [4.69, 9.17) is 10.5 Å². The van der Waals surface area contributed by atoms with Crippen molar-refractivity contribution in [1.82, 2.24) is 0 Å². The van der Waals surface area contributed by atoms with Gasteiger partial charge in [-0.25, -0.2) is 0 Å². The summed E-state index contributed by atoms with van der Waals surface area (Å²) in [6, 6.07) is 11.0. The van der Waals surface area contributed by atoms with Gasteiger partial charge in [-0.1, -0.05) is 0 Å². The maximum absolute atomic E-state index is 12.6. The highest BCUT2D eigenvalue weighted by Crippen LogP contribution is 2.29. The van der Waals surface area contributed by atoms with Crippen molar-refractivity contribution in [3.63, 3.8) is 0 Å². The number of nitrogens with one attached hydrogen (secondary N) is 1. The fourth-order valence-electron chi connectivity index (χ4n) is 2.45. The summed E-state index contributed by atoms with van der Waals surface area (Å²) in [7, 11) is 1.53. The summed E-state index contributed by atoms with van der Waals surface area (Å²) in [5, 5.41) is 2.54. The molecular weight excluding hydrogens is 375 g/mol. The van der Waals surface area contributed by atoms with Crippen LogP contribution in [0.5, 0.6) is 5.75 Å². The van der Waals surface area contributed by atoms with Gasteiger partial charge in [0.05, 0.1) is 19.2 Å². The zero-order chi connectivity index (χ0) is 20.7. The van der Waals surface area contributed by atoms with Crippen LogP contribution in [0.1, 0.15) is 12.0 Å². The van der Waals surface area contributed by atoms with E-state index in [1.165, 1.54) is 19.2 Å². The van der Waals surface area contributed by atoms with Crippen LogP contribution in [0, 0.1) is 0 Å². The summed E-state index contributed by atoms with van der Waals surface area (Å²) in [5.74, 6) is -0.325. The number of rotatable bonds is 8. The van der Waals surface area contributed by atoms with Gasteiger partial charge in [-0.2, -0.15) is 13.2 Å². The van der Waals surface area contributed by atoms with E-state index in [9.17, 15) is 22.8 Å². The predicted octanol–water partition coefficient (Wildman–Crippen LogP) is 3.03. The number of amides is 2. The first-order valence-electron chi connectivity index (χ1n) is 8.33. The van der Waals surface area contributed by atoms with Crippen molar-refractivity contribution >= 4 is 23.2 Å². The first-order chi connectivity index (χ1) is 13.2. The van der Waals surface area contributed by atoms with E-state index in [0.29, 0.717) is 11.4 Å². The number of methoxy groups -OCH3 is 1. The van der Waals surface area contributed by atoms with Gasteiger partial charge >= 0.3 is 6.18 Å². The topological polar surface area (TPSA) is 84.7 Å². The van der Waals surface area contributed by atoms with E-state index in [0.717, 1.165) is 12.1 Å². The molecule has 2 amide bonds. The van der Waals surface area contributed by atoms with Gasteiger partial charge in [0.25, 0.3) is 0 Å². The maximum Gasteiger partial charge on any atom is 0.416 e. The third kappa shape index (κ3) is 6.19. The summed E-state index contributed by atoms with van der Waals surface area (Å²) in [4.78, 5) is 25.1. The number of hydrogen-bond donors (Lipinski definition) is 2. The van der Waals surface area contributed by atoms with E-state index in [1.54, 1.807) is 29.2 Å². The summed E-state index contributed by atoms with van der Waals surface area (Å²) >= 11 is 0. The second kappa shape index (κ2) is 9.12. The molecule has 28 heavy (non-hydrogen) atoms. The van der Waals surface area contributed by atoms with Gasteiger partial charge in [0, 0.05) is 24.3 Å². The number of carbonyl (C=O) groups excluding carboxylic acids is 2. The molecule has 0 fully saturated rings. The molecule has 2 aromatic rings. The van der Waals surface area contributed by atoms with Gasteiger partial charge in [-0.05, 0) is 48.5 Å². The molecule has 0 unspecified atom stereocenters.